The first kappa shape index (κ1) is 22.7. The maximum Gasteiger partial charge on any atom is 0.186 e. The summed E-state index contributed by atoms with van der Waals surface area (Å²) in [5.41, 5.74) is -1.77. The van der Waals surface area contributed by atoms with Gasteiger partial charge in [0, 0.05) is 23.3 Å². The normalized spacial score (nSPS) is 11.9. The van der Waals surface area contributed by atoms with Crippen LogP contribution in [0.4, 0.5) is 17.6 Å². The first-order valence-electron chi connectivity index (χ1n) is 10.0. The number of imidazole rings is 1. The Kier molecular flexibility index (Phi) is 5.35. The Morgan fingerprint density at radius 3 is 2.54 bits per heavy atom. The number of fused-ring (bicyclic) bond motifs is 1. The number of hydrogen-bond donors (Lipinski definition) is 2. The lowest BCUT2D eigenvalue weighted by Gasteiger charge is -2.12. The van der Waals surface area contributed by atoms with E-state index in [1.54, 1.807) is 6.20 Å². The van der Waals surface area contributed by atoms with Gasteiger partial charge in [-0.15, -0.1) is 0 Å². The quantitative estimate of drug-likeness (QED) is 0.347. The van der Waals surface area contributed by atoms with Crippen LogP contribution in [-0.4, -0.2) is 38.6 Å². The van der Waals surface area contributed by atoms with Crippen molar-refractivity contribution in [2.75, 3.05) is 0 Å². The highest BCUT2D eigenvalue weighted by Gasteiger charge is 2.27. The van der Waals surface area contributed by atoms with E-state index in [1.165, 1.54) is 19.2 Å². The maximum absolute atomic E-state index is 15.4. The highest BCUT2D eigenvalue weighted by Crippen LogP contribution is 2.35. The number of aryl methyl sites for hydroxylation is 1. The van der Waals surface area contributed by atoms with Crippen molar-refractivity contribution in [3.05, 3.63) is 77.6 Å². The molecule has 0 bridgehead atoms. The van der Waals surface area contributed by atoms with E-state index in [0.717, 1.165) is 18.3 Å². The molecule has 0 aliphatic rings. The zero-order chi connectivity index (χ0) is 24.9. The van der Waals surface area contributed by atoms with Crippen LogP contribution in [0.1, 0.15) is 11.4 Å². The van der Waals surface area contributed by atoms with Gasteiger partial charge in [-0.1, -0.05) is 6.07 Å². The van der Waals surface area contributed by atoms with Gasteiger partial charge in [-0.3, -0.25) is 15.1 Å². The summed E-state index contributed by atoms with van der Waals surface area (Å²) in [6.07, 6.45) is 4.49. The van der Waals surface area contributed by atoms with Crippen LogP contribution in [0.5, 0.6) is 0 Å². The molecule has 0 unspecified atom stereocenters. The molecule has 4 aromatic heterocycles. The van der Waals surface area contributed by atoms with Crippen molar-refractivity contribution in [1.82, 2.24) is 30.1 Å². The first-order chi connectivity index (χ1) is 16.7. The molecule has 8 nitrogen and oxygen atoms in total. The van der Waals surface area contributed by atoms with Crippen LogP contribution in [0.25, 0.3) is 33.5 Å². The number of nitrogens with zero attached hydrogens (tertiary/aromatic N) is 4. The van der Waals surface area contributed by atoms with E-state index in [1.807, 2.05) is 0 Å². The molecule has 0 aliphatic carbocycles. The summed E-state index contributed by atoms with van der Waals surface area (Å²) in [5, 5.41) is 6.85. The molecule has 0 aliphatic heterocycles. The fourth-order valence-electron chi connectivity index (χ4n) is 3.74. The van der Waals surface area contributed by atoms with Crippen LogP contribution in [0.3, 0.4) is 0 Å². The van der Waals surface area contributed by atoms with Crippen molar-refractivity contribution in [3.63, 3.8) is 0 Å². The van der Waals surface area contributed by atoms with Crippen LogP contribution in [0.15, 0.2) is 47.9 Å². The van der Waals surface area contributed by atoms with Crippen molar-refractivity contribution in [2.45, 2.75) is 17.6 Å². The number of nitrogens with one attached hydrogen (secondary N) is 2. The molecule has 35 heavy (non-hydrogen) atoms. The van der Waals surface area contributed by atoms with Gasteiger partial charge >= 0.3 is 0 Å². The van der Waals surface area contributed by atoms with Crippen molar-refractivity contribution < 1.29 is 26.0 Å². The van der Waals surface area contributed by atoms with Crippen molar-refractivity contribution >= 4 is 20.7 Å². The minimum absolute atomic E-state index is 0.00321. The zero-order valence-electron chi connectivity index (χ0n) is 17.8. The highest BCUT2D eigenvalue weighted by molar-refractivity contribution is 7.90. The van der Waals surface area contributed by atoms with Gasteiger partial charge in [0.2, 0.25) is 0 Å². The molecular formula is C22H14F4N6O2S. The number of hydrogen-bond acceptors (Lipinski definition) is 6. The summed E-state index contributed by atoms with van der Waals surface area (Å²) in [5.74, 6) is -5.13. The lowest BCUT2D eigenvalue weighted by Crippen LogP contribution is -2.12. The second-order valence-electron chi connectivity index (χ2n) is 7.60. The number of rotatable bonds is 5. The van der Waals surface area contributed by atoms with Gasteiger partial charge in [-0.2, -0.15) is 5.10 Å². The molecule has 0 radical (unpaired) electrons. The minimum atomic E-state index is -4.32. The summed E-state index contributed by atoms with van der Waals surface area (Å²) >= 11 is 0. The Morgan fingerprint density at radius 1 is 1.00 bits per heavy atom. The molecule has 2 N–H and O–H groups in total. The molecular weight excluding hydrogens is 488 g/mol. The SMILES string of the molecule is Cc1ncc(F)cc1S(=O)(=O)Cc1ncc(F)c(-c2ccc3c(-c4ncc[nH]4)[nH]nc3c2F)c1F. The summed E-state index contributed by atoms with van der Waals surface area (Å²) < 4.78 is 84.6. The molecule has 5 aromatic rings. The standard InChI is InChI=1S/C22H14F4N6O2S/c1-10-16(6-11(23)7-29-10)35(33,34)9-15-19(26)17(14(24)8-30-15)12-2-3-13-20(18(12)25)31-32-21(13)22-27-4-5-28-22/h2-8H,9H2,1H3,(H,27,28)(H,31,32). The number of halogens is 4. The van der Waals surface area contributed by atoms with Gasteiger partial charge in [0.05, 0.1) is 34.2 Å². The van der Waals surface area contributed by atoms with E-state index in [2.05, 4.69) is 30.1 Å². The highest BCUT2D eigenvalue weighted by atomic mass is 32.2. The van der Waals surface area contributed by atoms with Gasteiger partial charge in [-0.05, 0) is 19.1 Å². The predicted molar refractivity (Wildman–Crippen MR) is 117 cm³/mol. The van der Waals surface area contributed by atoms with Gasteiger partial charge in [0.1, 0.15) is 22.8 Å². The predicted octanol–water partition coefficient (Wildman–Crippen LogP) is 4.25. The lowest BCUT2D eigenvalue weighted by molar-refractivity contribution is 0.558. The summed E-state index contributed by atoms with van der Waals surface area (Å²) in [6, 6.07) is 3.31. The number of sulfone groups is 1. The molecule has 0 fully saturated rings. The van der Waals surface area contributed by atoms with E-state index in [0.29, 0.717) is 23.1 Å². The molecule has 0 saturated carbocycles. The van der Waals surface area contributed by atoms with Crippen LogP contribution >= 0.6 is 0 Å². The molecule has 0 amide bonds. The van der Waals surface area contributed by atoms with E-state index >= 15 is 8.78 Å². The van der Waals surface area contributed by atoms with E-state index < -0.39 is 60.6 Å². The molecule has 1 aromatic carbocycles. The average Bonchev–Trinajstić information content (AvgIpc) is 3.49. The van der Waals surface area contributed by atoms with Crippen molar-refractivity contribution in [1.29, 1.82) is 0 Å². The van der Waals surface area contributed by atoms with Crippen molar-refractivity contribution in [3.8, 4) is 22.6 Å². The summed E-state index contributed by atoms with van der Waals surface area (Å²) in [4.78, 5) is 13.7. The van der Waals surface area contributed by atoms with Crippen LogP contribution < -0.4 is 0 Å². The number of H-pyrrole nitrogens is 2. The Hall–Kier alpha value is -4.13. The fraction of sp³-hybridized carbons (Fsp3) is 0.0909. The van der Waals surface area contributed by atoms with E-state index in [4.69, 9.17) is 0 Å². The number of aromatic nitrogens is 6. The zero-order valence-corrected chi connectivity index (χ0v) is 18.6. The Morgan fingerprint density at radius 2 is 1.80 bits per heavy atom. The molecule has 13 heteroatoms. The molecule has 4 heterocycles. The summed E-state index contributed by atoms with van der Waals surface area (Å²) in [7, 11) is -4.32. The van der Waals surface area contributed by atoms with E-state index in [9.17, 15) is 17.2 Å². The van der Waals surface area contributed by atoms with Gasteiger partial charge < -0.3 is 4.98 Å². The van der Waals surface area contributed by atoms with Gasteiger partial charge in [0.25, 0.3) is 0 Å². The fourth-order valence-corrected chi connectivity index (χ4v) is 5.25. The maximum atomic E-state index is 15.4. The largest absolute Gasteiger partial charge is 0.343 e. The molecule has 178 valence electrons. The third-order valence-electron chi connectivity index (χ3n) is 5.38. The lowest BCUT2D eigenvalue weighted by atomic mass is 10.0. The van der Waals surface area contributed by atoms with Crippen molar-refractivity contribution in [2.24, 2.45) is 0 Å². The second-order valence-corrected chi connectivity index (χ2v) is 9.56. The van der Waals surface area contributed by atoms with Gasteiger partial charge in [-0.25, -0.2) is 31.0 Å². The van der Waals surface area contributed by atoms with Crippen LogP contribution in [0, 0.1) is 30.2 Å². The molecule has 0 spiro atoms. The first-order valence-corrected chi connectivity index (χ1v) is 11.7. The molecule has 0 atom stereocenters. The van der Waals surface area contributed by atoms with Gasteiger partial charge in [0.15, 0.2) is 33.1 Å². The topological polar surface area (TPSA) is 117 Å². The monoisotopic (exact) mass is 502 g/mol. The Labute approximate surface area is 195 Å². The van der Waals surface area contributed by atoms with E-state index in [-0.39, 0.29) is 11.2 Å². The van der Waals surface area contributed by atoms with Crippen LogP contribution in [-0.2, 0) is 15.6 Å². The smallest absolute Gasteiger partial charge is 0.186 e. The third kappa shape index (κ3) is 3.83. The second kappa shape index (κ2) is 8.27. The van der Waals surface area contributed by atoms with Crippen LogP contribution in [0.2, 0.25) is 0 Å². The Balaban J connectivity index is 1.60. The molecule has 0 saturated heterocycles. The summed E-state index contributed by atoms with van der Waals surface area (Å²) in [6.45, 7) is 1.34. The average molecular weight is 502 g/mol. The third-order valence-corrected chi connectivity index (χ3v) is 7.12. The molecule has 5 rings (SSSR count). The number of aromatic amines is 2. The number of benzene rings is 1. The minimum Gasteiger partial charge on any atom is -0.343 e. The number of pyridine rings is 2. The Bertz CT molecular complexity index is 1700.